The lowest BCUT2D eigenvalue weighted by molar-refractivity contribution is -0.140. The van der Waals surface area contributed by atoms with Crippen molar-refractivity contribution in [3.05, 3.63) is 0 Å². The van der Waals surface area contributed by atoms with Crippen LogP contribution in [0.3, 0.4) is 0 Å². The monoisotopic (exact) mass is 226 g/mol. The Morgan fingerprint density at radius 3 is 2.69 bits per heavy atom. The number of carbonyl (C=O) groups is 1. The van der Waals surface area contributed by atoms with Crippen LogP contribution in [-0.4, -0.2) is 59.6 Å². The Morgan fingerprint density at radius 2 is 2.12 bits per heavy atom. The summed E-state index contributed by atoms with van der Waals surface area (Å²) >= 11 is 0. The van der Waals surface area contributed by atoms with Crippen LogP contribution in [0, 0.1) is 5.92 Å². The minimum Gasteiger partial charge on any atom is -0.481 e. The number of rotatable bonds is 3. The minimum absolute atomic E-state index is 0.346. The number of carboxylic acids is 1. The second kappa shape index (κ2) is 4.72. The van der Waals surface area contributed by atoms with E-state index in [1.807, 2.05) is 0 Å². The first-order chi connectivity index (χ1) is 7.56. The van der Waals surface area contributed by atoms with Crippen molar-refractivity contribution in [2.45, 2.75) is 38.3 Å². The average molecular weight is 226 g/mol. The van der Waals surface area contributed by atoms with E-state index < -0.39 is 5.97 Å². The molecule has 2 heterocycles. The fourth-order valence-corrected chi connectivity index (χ4v) is 2.88. The van der Waals surface area contributed by atoms with E-state index in [9.17, 15) is 4.79 Å². The van der Waals surface area contributed by atoms with Gasteiger partial charge in [-0.05, 0) is 39.3 Å². The summed E-state index contributed by atoms with van der Waals surface area (Å²) in [7, 11) is 2.18. The van der Waals surface area contributed by atoms with Gasteiger partial charge >= 0.3 is 5.97 Å². The quantitative estimate of drug-likeness (QED) is 0.775. The molecule has 0 amide bonds. The second-order valence-electron chi connectivity index (χ2n) is 5.43. The molecule has 2 saturated heterocycles. The maximum Gasteiger partial charge on any atom is 0.303 e. The molecule has 2 atom stereocenters. The van der Waals surface area contributed by atoms with Gasteiger partial charge in [-0.2, -0.15) is 0 Å². The molecule has 0 spiro atoms. The molecule has 0 aromatic rings. The molecule has 2 unspecified atom stereocenters. The zero-order chi connectivity index (χ0) is 11.7. The van der Waals surface area contributed by atoms with Crippen LogP contribution >= 0.6 is 0 Å². The smallest absolute Gasteiger partial charge is 0.303 e. The molecule has 4 heteroatoms. The van der Waals surface area contributed by atoms with Crippen LogP contribution in [0.5, 0.6) is 0 Å². The Labute approximate surface area is 97.2 Å². The van der Waals surface area contributed by atoms with Crippen molar-refractivity contribution in [2.75, 3.05) is 26.7 Å². The summed E-state index contributed by atoms with van der Waals surface area (Å²) in [5.74, 6) is -0.256. The zero-order valence-electron chi connectivity index (χ0n) is 10.2. The van der Waals surface area contributed by atoms with Gasteiger partial charge in [0.25, 0.3) is 0 Å². The zero-order valence-corrected chi connectivity index (χ0v) is 10.2. The maximum atomic E-state index is 10.6. The van der Waals surface area contributed by atoms with Gasteiger partial charge in [0, 0.05) is 25.2 Å². The van der Waals surface area contributed by atoms with Crippen molar-refractivity contribution in [3.8, 4) is 0 Å². The number of nitrogens with zero attached hydrogens (tertiary/aromatic N) is 2. The number of hydrogen-bond donors (Lipinski definition) is 1. The summed E-state index contributed by atoms with van der Waals surface area (Å²) in [6.45, 7) is 5.44. The fourth-order valence-electron chi connectivity index (χ4n) is 2.88. The lowest BCUT2D eigenvalue weighted by Gasteiger charge is -2.48. The van der Waals surface area contributed by atoms with E-state index in [0.29, 0.717) is 24.4 Å². The van der Waals surface area contributed by atoms with E-state index >= 15 is 0 Å². The molecule has 2 aliphatic heterocycles. The summed E-state index contributed by atoms with van der Waals surface area (Å²) in [5, 5.41) is 8.70. The number of aliphatic carboxylic acids is 1. The Balaban J connectivity index is 1.73. The molecule has 0 aliphatic carbocycles. The van der Waals surface area contributed by atoms with E-state index in [2.05, 4.69) is 23.8 Å². The number of hydrogen-bond acceptors (Lipinski definition) is 3. The van der Waals surface area contributed by atoms with Gasteiger partial charge < -0.3 is 10.0 Å². The molecule has 4 nitrogen and oxygen atoms in total. The first kappa shape index (κ1) is 11.9. The van der Waals surface area contributed by atoms with Gasteiger partial charge in [0.05, 0.1) is 6.42 Å². The van der Waals surface area contributed by atoms with E-state index in [1.54, 1.807) is 0 Å². The Bertz CT molecular complexity index is 264. The highest BCUT2D eigenvalue weighted by atomic mass is 16.4. The van der Waals surface area contributed by atoms with Crippen LogP contribution in [-0.2, 0) is 4.79 Å². The number of carboxylic acid groups (broad SMARTS) is 1. The lowest BCUT2D eigenvalue weighted by Crippen LogP contribution is -2.56. The topological polar surface area (TPSA) is 43.8 Å². The third-order valence-electron chi connectivity index (χ3n) is 4.15. The number of likely N-dealkylation sites (tertiary alicyclic amines) is 2. The molecule has 2 rings (SSSR count). The summed E-state index contributed by atoms with van der Waals surface area (Å²) in [6.07, 6.45) is 2.82. The predicted molar refractivity (Wildman–Crippen MR) is 62.4 cm³/mol. The largest absolute Gasteiger partial charge is 0.481 e. The Hall–Kier alpha value is -0.610. The van der Waals surface area contributed by atoms with Crippen molar-refractivity contribution in [3.63, 3.8) is 0 Å². The standard InChI is InChI=1S/C12H22N2O2/c1-9-5-11(3-4-13(9)2)14-7-10(8-14)6-12(15)16/h9-11H,3-8H2,1-2H3,(H,15,16). The van der Waals surface area contributed by atoms with Crippen molar-refractivity contribution in [1.82, 2.24) is 9.80 Å². The van der Waals surface area contributed by atoms with Crippen LogP contribution in [0.1, 0.15) is 26.2 Å². The van der Waals surface area contributed by atoms with Gasteiger partial charge in [0.1, 0.15) is 0 Å². The molecule has 2 aliphatic rings. The molecule has 16 heavy (non-hydrogen) atoms. The van der Waals surface area contributed by atoms with Crippen LogP contribution in [0.15, 0.2) is 0 Å². The molecule has 92 valence electrons. The van der Waals surface area contributed by atoms with Gasteiger partial charge in [-0.3, -0.25) is 9.69 Å². The molecule has 0 saturated carbocycles. The first-order valence-corrected chi connectivity index (χ1v) is 6.22. The summed E-state index contributed by atoms with van der Waals surface area (Å²) in [5.41, 5.74) is 0. The molecular weight excluding hydrogens is 204 g/mol. The molecule has 2 fully saturated rings. The van der Waals surface area contributed by atoms with Crippen LogP contribution in [0.25, 0.3) is 0 Å². The van der Waals surface area contributed by atoms with Crippen molar-refractivity contribution < 1.29 is 9.90 Å². The van der Waals surface area contributed by atoms with Gasteiger partial charge in [0.2, 0.25) is 0 Å². The van der Waals surface area contributed by atoms with Gasteiger partial charge in [-0.1, -0.05) is 0 Å². The molecule has 0 aromatic heterocycles. The third kappa shape index (κ3) is 2.55. The fraction of sp³-hybridized carbons (Fsp3) is 0.917. The Morgan fingerprint density at radius 1 is 1.44 bits per heavy atom. The van der Waals surface area contributed by atoms with Crippen molar-refractivity contribution >= 4 is 5.97 Å². The maximum absolute atomic E-state index is 10.6. The Kier molecular flexibility index (Phi) is 3.50. The summed E-state index contributed by atoms with van der Waals surface area (Å²) < 4.78 is 0. The second-order valence-corrected chi connectivity index (χ2v) is 5.43. The first-order valence-electron chi connectivity index (χ1n) is 6.22. The molecule has 0 bridgehead atoms. The molecule has 0 radical (unpaired) electrons. The summed E-state index contributed by atoms with van der Waals surface area (Å²) in [6, 6.07) is 1.36. The molecule has 1 N–H and O–H groups in total. The lowest BCUT2D eigenvalue weighted by atomic mass is 9.89. The van der Waals surface area contributed by atoms with Crippen molar-refractivity contribution in [1.29, 1.82) is 0 Å². The van der Waals surface area contributed by atoms with E-state index in [4.69, 9.17) is 5.11 Å². The summed E-state index contributed by atoms with van der Waals surface area (Å²) in [4.78, 5) is 15.4. The minimum atomic E-state index is -0.651. The normalized spacial score (nSPS) is 33.6. The van der Waals surface area contributed by atoms with Gasteiger partial charge in [-0.25, -0.2) is 0 Å². The number of piperidine rings is 1. The van der Waals surface area contributed by atoms with Gasteiger partial charge in [-0.15, -0.1) is 0 Å². The van der Waals surface area contributed by atoms with Crippen LogP contribution in [0.2, 0.25) is 0 Å². The average Bonchev–Trinajstić information content (AvgIpc) is 2.15. The van der Waals surface area contributed by atoms with Crippen molar-refractivity contribution in [2.24, 2.45) is 5.92 Å². The third-order valence-corrected chi connectivity index (χ3v) is 4.15. The highest BCUT2D eigenvalue weighted by Crippen LogP contribution is 2.28. The highest BCUT2D eigenvalue weighted by molar-refractivity contribution is 5.67. The van der Waals surface area contributed by atoms with E-state index in [0.717, 1.165) is 13.1 Å². The molecular formula is C12H22N2O2. The highest BCUT2D eigenvalue weighted by Gasteiger charge is 2.35. The van der Waals surface area contributed by atoms with E-state index in [1.165, 1.54) is 19.4 Å². The van der Waals surface area contributed by atoms with Gasteiger partial charge in [0.15, 0.2) is 0 Å². The SMILES string of the molecule is CC1CC(N2CC(CC(=O)O)C2)CCN1C. The molecule has 0 aromatic carbocycles. The van der Waals surface area contributed by atoms with Crippen LogP contribution < -0.4 is 0 Å². The van der Waals surface area contributed by atoms with E-state index in [-0.39, 0.29) is 0 Å². The predicted octanol–water partition coefficient (Wildman–Crippen LogP) is 0.876. The van der Waals surface area contributed by atoms with Crippen LogP contribution in [0.4, 0.5) is 0 Å².